The molecule has 0 aliphatic heterocycles. The maximum atomic E-state index is 13.3. The van der Waals surface area contributed by atoms with E-state index in [-0.39, 0.29) is 0 Å². The van der Waals surface area contributed by atoms with E-state index < -0.39 is 82.7 Å². The highest BCUT2D eigenvalue weighted by Crippen LogP contribution is 2.28. The molecule has 0 heterocycles. The minimum absolute atomic E-state index is 0.463. The molecule has 1 nitrogen and oxygen atoms in total. The van der Waals surface area contributed by atoms with Gasteiger partial charge in [-0.25, -0.2) is 35.1 Å². The molecule has 8 unspecified atom stereocenters. The summed E-state index contributed by atoms with van der Waals surface area (Å²) in [5.41, 5.74) is 2.90. The first-order valence-electron chi connectivity index (χ1n) is 7.54. The molecule has 0 rings (SSSR count). The van der Waals surface area contributed by atoms with Crippen molar-refractivity contribution in [3.63, 3.8) is 0 Å². The number of hydrogen-bond donors (Lipinski definition) is 1. The molecule has 15 heteroatoms. The van der Waals surface area contributed by atoms with Gasteiger partial charge in [-0.2, -0.15) is 0 Å². The summed E-state index contributed by atoms with van der Waals surface area (Å²) in [6, 6.07) is 0. The Kier molecular flexibility index (Phi) is 14.0. The molecule has 0 aliphatic carbocycles. The van der Waals surface area contributed by atoms with E-state index in [0.29, 0.717) is 0 Å². The zero-order valence-corrected chi connectivity index (χ0v) is 13.6. The van der Waals surface area contributed by atoms with Gasteiger partial charge in [-0.05, 0) is 12.8 Å². The average molecular weight is 435 g/mol. The van der Waals surface area contributed by atoms with Crippen LogP contribution in [0.1, 0.15) is 12.8 Å². The summed E-state index contributed by atoms with van der Waals surface area (Å²) >= 11 is 0. The van der Waals surface area contributed by atoms with Gasteiger partial charge in [-0.15, -0.1) is 0 Å². The highest BCUT2D eigenvalue weighted by molar-refractivity contribution is 6.50. The second-order valence-electron chi connectivity index (χ2n) is 5.31. The molecule has 0 radical (unpaired) electrons. The Balaban J connectivity index is 0. The molecule has 0 saturated heterocycles. The second-order valence-corrected chi connectivity index (χ2v) is 5.31. The van der Waals surface area contributed by atoms with Gasteiger partial charge in [0.05, 0.1) is 6.67 Å². The topological polar surface area (TPSA) is 27.6 Å². The summed E-state index contributed by atoms with van der Waals surface area (Å²) in [7, 11) is -6.00. The third-order valence-corrected chi connectivity index (χ3v) is 3.10. The van der Waals surface area contributed by atoms with Crippen LogP contribution in [0.25, 0.3) is 0 Å². The van der Waals surface area contributed by atoms with Gasteiger partial charge < -0.3 is 23.0 Å². The Morgan fingerprint density at radius 1 is 0.593 bits per heavy atom. The molecular weight excluding hydrogens is 416 g/mol. The highest BCUT2D eigenvalue weighted by atomic mass is 19.5. The van der Waals surface area contributed by atoms with Gasteiger partial charge in [0.15, 0.2) is 43.2 Å². The molecule has 0 saturated carbocycles. The van der Waals surface area contributed by atoms with Crippen molar-refractivity contribution >= 4 is 7.25 Å². The second kappa shape index (κ2) is 13.3. The fraction of sp³-hybridized carbons (Fsp3) is 1.00. The highest BCUT2D eigenvalue weighted by Gasteiger charge is 2.47. The Hall–Kier alpha value is -0.885. The maximum absolute atomic E-state index is 13.3. The van der Waals surface area contributed by atoms with Gasteiger partial charge in [0, 0.05) is 0 Å². The Labute approximate surface area is 146 Å². The molecule has 27 heavy (non-hydrogen) atoms. The molecule has 0 aromatic heterocycles. The summed E-state index contributed by atoms with van der Waals surface area (Å²) in [4.78, 5) is 0. The largest absolute Gasteiger partial charge is 0.673 e. The standard InChI is InChI=1S/C12H18F9N.BF4/c13-3-1-2-5(14)7(16)9(18)11(20)12(21)10(19)8(17)6(15)4-22;2-1(3,4)5/h5-12H,1-4,22H2;/q;-1/p+1. The van der Waals surface area contributed by atoms with Crippen molar-refractivity contribution < 1.29 is 62.5 Å². The van der Waals surface area contributed by atoms with Crippen LogP contribution < -0.4 is 5.73 Å². The first-order valence-corrected chi connectivity index (χ1v) is 7.54. The van der Waals surface area contributed by atoms with Crippen LogP contribution in [0.4, 0.5) is 56.8 Å². The number of halogens is 13. The van der Waals surface area contributed by atoms with Crippen molar-refractivity contribution in [1.82, 2.24) is 0 Å². The van der Waals surface area contributed by atoms with Crippen LogP contribution in [0.5, 0.6) is 0 Å². The van der Waals surface area contributed by atoms with Crippen molar-refractivity contribution in [2.24, 2.45) is 0 Å². The summed E-state index contributed by atoms with van der Waals surface area (Å²) < 4.78 is 156. The van der Waals surface area contributed by atoms with Crippen LogP contribution in [0, 0.1) is 0 Å². The lowest BCUT2D eigenvalue weighted by Crippen LogP contribution is -2.58. The van der Waals surface area contributed by atoms with E-state index in [1.807, 2.05) is 0 Å². The number of rotatable bonds is 11. The van der Waals surface area contributed by atoms with Crippen LogP contribution in [0.3, 0.4) is 0 Å². The first kappa shape index (κ1) is 28.3. The third-order valence-electron chi connectivity index (χ3n) is 3.10. The molecule has 3 N–H and O–H groups in total. The quantitative estimate of drug-likeness (QED) is 0.376. The van der Waals surface area contributed by atoms with Gasteiger partial charge in [0.25, 0.3) is 0 Å². The van der Waals surface area contributed by atoms with Crippen molar-refractivity contribution in [3.05, 3.63) is 0 Å². The minimum atomic E-state index is -6.00. The zero-order chi connectivity index (χ0) is 21.9. The van der Waals surface area contributed by atoms with E-state index in [4.69, 9.17) is 0 Å². The zero-order valence-electron chi connectivity index (χ0n) is 13.6. The van der Waals surface area contributed by atoms with Crippen molar-refractivity contribution in [2.45, 2.75) is 62.2 Å². The lowest BCUT2D eigenvalue weighted by molar-refractivity contribution is -0.382. The molecule has 0 bridgehead atoms. The number of quaternary nitrogens is 1. The molecule has 0 aromatic rings. The SMILES string of the molecule is F[B-](F)(F)F.[NH3+]CC(F)C(F)C(F)C(F)C(F)C(F)C(F)C(F)CCCF. The van der Waals surface area contributed by atoms with E-state index in [0.717, 1.165) is 0 Å². The van der Waals surface area contributed by atoms with Crippen molar-refractivity contribution in [3.8, 4) is 0 Å². The number of alkyl halides is 9. The Bertz CT molecular complexity index is 368. The van der Waals surface area contributed by atoms with Gasteiger partial charge >= 0.3 is 7.25 Å². The predicted octanol–water partition coefficient (Wildman–Crippen LogP) is 3.98. The van der Waals surface area contributed by atoms with Gasteiger partial charge in [-0.3, -0.25) is 4.39 Å². The molecule has 0 amide bonds. The van der Waals surface area contributed by atoms with E-state index in [1.165, 1.54) is 0 Å². The van der Waals surface area contributed by atoms with Crippen molar-refractivity contribution in [2.75, 3.05) is 13.2 Å². The maximum Gasteiger partial charge on any atom is 0.673 e. The molecular formula is C12H19BF13N. The average Bonchev–Trinajstić information content (AvgIpc) is 2.59. The summed E-state index contributed by atoms with van der Waals surface area (Å²) in [5.74, 6) is 0. The normalized spacial score (nSPS) is 21.1. The molecule has 0 fully saturated rings. The molecule has 0 aromatic carbocycles. The third kappa shape index (κ3) is 12.2. The predicted molar refractivity (Wildman–Crippen MR) is 72.3 cm³/mol. The van der Waals surface area contributed by atoms with E-state index in [1.54, 1.807) is 0 Å². The van der Waals surface area contributed by atoms with Gasteiger partial charge in [-0.1, -0.05) is 0 Å². The minimum Gasteiger partial charge on any atom is -0.418 e. The molecule has 0 aliphatic rings. The monoisotopic (exact) mass is 435 g/mol. The van der Waals surface area contributed by atoms with Crippen LogP contribution >= 0.6 is 0 Å². The van der Waals surface area contributed by atoms with E-state index in [9.17, 15) is 56.8 Å². The summed E-state index contributed by atoms with van der Waals surface area (Å²) in [6.07, 6.45) is -26.5. The van der Waals surface area contributed by atoms with E-state index >= 15 is 0 Å². The summed E-state index contributed by atoms with van der Waals surface area (Å²) in [6.45, 7) is -1.79. The number of hydrogen-bond acceptors (Lipinski definition) is 0. The smallest absolute Gasteiger partial charge is 0.418 e. The van der Waals surface area contributed by atoms with Gasteiger partial charge in [0.1, 0.15) is 12.7 Å². The van der Waals surface area contributed by atoms with Gasteiger partial charge in [0.2, 0.25) is 0 Å². The fourth-order valence-corrected chi connectivity index (χ4v) is 1.69. The molecule has 8 atom stereocenters. The van der Waals surface area contributed by atoms with Crippen LogP contribution in [-0.2, 0) is 0 Å². The van der Waals surface area contributed by atoms with Crippen LogP contribution in [-0.4, -0.2) is 69.8 Å². The first-order chi connectivity index (χ1) is 12.2. The van der Waals surface area contributed by atoms with E-state index in [2.05, 4.69) is 5.73 Å². The van der Waals surface area contributed by atoms with Crippen LogP contribution in [0.2, 0.25) is 0 Å². The Morgan fingerprint density at radius 2 is 0.889 bits per heavy atom. The van der Waals surface area contributed by atoms with Crippen molar-refractivity contribution in [1.29, 1.82) is 0 Å². The lowest BCUT2D eigenvalue weighted by Gasteiger charge is -2.25. The fourth-order valence-electron chi connectivity index (χ4n) is 1.69. The lowest BCUT2D eigenvalue weighted by atomic mass is 9.97. The van der Waals surface area contributed by atoms with Crippen LogP contribution in [0.15, 0.2) is 0 Å². The molecule has 0 spiro atoms. The Morgan fingerprint density at radius 3 is 1.19 bits per heavy atom. The molecule has 166 valence electrons. The summed E-state index contributed by atoms with van der Waals surface area (Å²) in [5, 5.41) is 0.